The van der Waals surface area contributed by atoms with Crippen LogP contribution < -0.4 is 20.1 Å². The Morgan fingerprint density at radius 1 is 1.08 bits per heavy atom. The Morgan fingerprint density at radius 2 is 1.86 bits per heavy atom. The summed E-state index contributed by atoms with van der Waals surface area (Å²) in [6, 6.07) is 9.34. The first-order chi connectivity index (χ1) is 17.0. The van der Waals surface area contributed by atoms with E-state index in [9.17, 15) is 26.0 Å². The van der Waals surface area contributed by atoms with E-state index in [-0.39, 0.29) is 10.6 Å². The van der Waals surface area contributed by atoms with Crippen LogP contribution in [0.3, 0.4) is 0 Å². The molecule has 4 rings (SSSR count). The smallest absolute Gasteiger partial charge is 0.494 e. The van der Waals surface area contributed by atoms with Crippen molar-refractivity contribution in [3.05, 3.63) is 72.4 Å². The average molecular weight is 524 g/mol. The van der Waals surface area contributed by atoms with Crippen LogP contribution in [0.15, 0.2) is 66.0 Å². The number of hydrogen-bond acceptors (Lipinski definition) is 7. The summed E-state index contributed by atoms with van der Waals surface area (Å²) in [7, 11) is -1.20. The van der Waals surface area contributed by atoms with Gasteiger partial charge in [-0.1, -0.05) is 6.07 Å². The highest BCUT2D eigenvalue weighted by molar-refractivity contribution is 7.90. The van der Waals surface area contributed by atoms with Crippen molar-refractivity contribution in [1.29, 1.82) is 0 Å². The van der Waals surface area contributed by atoms with Crippen LogP contribution in [0.1, 0.15) is 5.56 Å². The van der Waals surface area contributed by atoms with Crippen LogP contribution in [0.2, 0.25) is 0 Å². The van der Waals surface area contributed by atoms with Gasteiger partial charge < -0.3 is 20.1 Å². The minimum atomic E-state index is -4.86. The molecule has 36 heavy (non-hydrogen) atoms. The number of benzene rings is 2. The first-order valence-electron chi connectivity index (χ1n) is 10.4. The third-order valence-electron chi connectivity index (χ3n) is 5.14. The standard InChI is InChI=1S/C23H20F4N4O4S/c1-28-10-14-13-31(36(32,33)18-7-15(24)11-29-12-18)21-8-16(3-5-19(14)21)30-20-6-4-17(9-22(20)34-2)35-23(25,26)27/h3-9,11-13,28,30H,10H2,1-2H3. The molecule has 0 spiro atoms. The molecule has 2 aromatic carbocycles. The average Bonchev–Trinajstić information content (AvgIpc) is 3.18. The Labute approximate surface area is 203 Å². The molecule has 8 nitrogen and oxygen atoms in total. The van der Waals surface area contributed by atoms with Crippen molar-refractivity contribution in [1.82, 2.24) is 14.3 Å². The Morgan fingerprint density at radius 3 is 2.53 bits per heavy atom. The number of rotatable bonds is 8. The molecule has 0 fully saturated rings. The third kappa shape index (κ3) is 5.21. The minimum Gasteiger partial charge on any atom is -0.494 e. The van der Waals surface area contributed by atoms with E-state index in [1.54, 1.807) is 25.2 Å². The van der Waals surface area contributed by atoms with Gasteiger partial charge in [0.05, 0.1) is 24.5 Å². The van der Waals surface area contributed by atoms with E-state index < -0.39 is 28.0 Å². The van der Waals surface area contributed by atoms with Gasteiger partial charge in [-0.25, -0.2) is 16.8 Å². The monoisotopic (exact) mass is 524 g/mol. The number of anilines is 2. The zero-order valence-electron chi connectivity index (χ0n) is 18.9. The van der Waals surface area contributed by atoms with E-state index in [0.717, 1.165) is 34.6 Å². The number of hydrogen-bond donors (Lipinski definition) is 2. The SMILES string of the molecule is CNCc1cn(S(=O)(=O)c2cncc(F)c2)c2cc(Nc3ccc(OC(F)(F)F)cc3OC)ccc12. The van der Waals surface area contributed by atoms with Gasteiger partial charge in [-0.2, -0.15) is 0 Å². The Bertz CT molecular complexity index is 1520. The molecule has 0 atom stereocenters. The van der Waals surface area contributed by atoms with Crippen molar-refractivity contribution in [2.75, 3.05) is 19.5 Å². The molecule has 13 heteroatoms. The van der Waals surface area contributed by atoms with Gasteiger partial charge in [0, 0.05) is 36.1 Å². The lowest BCUT2D eigenvalue weighted by Gasteiger charge is -2.15. The van der Waals surface area contributed by atoms with Gasteiger partial charge in [0.25, 0.3) is 10.0 Å². The lowest BCUT2D eigenvalue weighted by Crippen LogP contribution is -2.17. The summed E-state index contributed by atoms with van der Waals surface area (Å²) in [6.45, 7) is 0.363. The molecular weight excluding hydrogens is 504 g/mol. The number of halogens is 4. The van der Waals surface area contributed by atoms with Crippen molar-refractivity contribution >= 4 is 32.3 Å². The zero-order chi connectivity index (χ0) is 26.1. The molecule has 0 saturated heterocycles. The molecule has 4 aromatic rings. The highest BCUT2D eigenvalue weighted by atomic mass is 32.2. The van der Waals surface area contributed by atoms with Crippen molar-refractivity contribution in [2.24, 2.45) is 0 Å². The van der Waals surface area contributed by atoms with Crippen LogP contribution in [-0.4, -0.2) is 37.9 Å². The predicted molar refractivity (Wildman–Crippen MR) is 124 cm³/mol. The van der Waals surface area contributed by atoms with Crippen molar-refractivity contribution < 1.29 is 35.5 Å². The summed E-state index contributed by atoms with van der Waals surface area (Å²) >= 11 is 0. The molecule has 0 unspecified atom stereocenters. The van der Waals surface area contributed by atoms with Crippen molar-refractivity contribution in [3.63, 3.8) is 0 Å². The van der Waals surface area contributed by atoms with Gasteiger partial charge in [-0.3, -0.25) is 4.98 Å². The quantitative estimate of drug-likeness (QED) is 0.320. The normalized spacial score (nSPS) is 12.1. The molecular formula is C23H20F4N4O4S. The molecule has 0 amide bonds. The number of aromatic nitrogens is 2. The molecule has 2 N–H and O–H groups in total. The number of nitrogens with one attached hydrogen (secondary N) is 2. The molecule has 2 heterocycles. The number of ether oxygens (including phenoxy) is 2. The maximum Gasteiger partial charge on any atom is 0.573 e. The van der Waals surface area contributed by atoms with E-state index in [1.807, 2.05) is 0 Å². The van der Waals surface area contributed by atoms with E-state index in [4.69, 9.17) is 4.74 Å². The van der Waals surface area contributed by atoms with Crippen molar-refractivity contribution in [2.45, 2.75) is 17.8 Å². The van der Waals surface area contributed by atoms with Gasteiger partial charge in [0.2, 0.25) is 0 Å². The number of pyridine rings is 1. The van der Waals surface area contributed by atoms with E-state index in [0.29, 0.717) is 34.4 Å². The van der Waals surface area contributed by atoms with Crippen LogP contribution in [0.25, 0.3) is 10.9 Å². The maximum atomic E-state index is 13.7. The van der Waals surface area contributed by atoms with Gasteiger partial charge in [0.1, 0.15) is 22.2 Å². The highest BCUT2D eigenvalue weighted by Gasteiger charge is 2.31. The maximum absolute atomic E-state index is 13.7. The number of methoxy groups -OCH3 is 1. The fraction of sp³-hybridized carbons (Fsp3) is 0.174. The van der Waals surface area contributed by atoms with Crippen LogP contribution in [0.5, 0.6) is 11.5 Å². The first kappa shape index (κ1) is 25.3. The van der Waals surface area contributed by atoms with Gasteiger partial charge in [-0.15, -0.1) is 13.2 Å². The minimum absolute atomic E-state index is 0.0709. The first-order valence-corrected chi connectivity index (χ1v) is 11.8. The summed E-state index contributed by atoms with van der Waals surface area (Å²) in [5.74, 6) is -1.18. The second-order valence-electron chi connectivity index (χ2n) is 7.59. The van der Waals surface area contributed by atoms with Crippen LogP contribution in [0.4, 0.5) is 28.9 Å². The molecule has 0 radical (unpaired) electrons. The molecule has 0 bridgehead atoms. The lowest BCUT2D eigenvalue weighted by atomic mass is 10.1. The van der Waals surface area contributed by atoms with Crippen LogP contribution >= 0.6 is 0 Å². The predicted octanol–water partition coefficient (Wildman–Crippen LogP) is 4.78. The van der Waals surface area contributed by atoms with Gasteiger partial charge in [-0.05, 0) is 42.9 Å². The van der Waals surface area contributed by atoms with Crippen LogP contribution in [-0.2, 0) is 16.6 Å². The highest BCUT2D eigenvalue weighted by Crippen LogP contribution is 2.35. The summed E-state index contributed by atoms with van der Waals surface area (Å²) in [5, 5.41) is 6.62. The lowest BCUT2D eigenvalue weighted by molar-refractivity contribution is -0.274. The molecule has 0 saturated carbocycles. The Balaban J connectivity index is 1.77. The van der Waals surface area contributed by atoms with Crippen molar-refractivity contribution in [3.8, 4) is 11.5 Å². The third-order valence-corrected chi connectivity index (χ3v) is 6.78. The Hall–Kier alpha value is -3.84. The molecule has 2 aromatic heterocycles. The molecule has 0 aliphatic carbocycles. The summed E-state index contributed by atoms with van der Waals surface area (Å²) in [4.78, 5) is 3.31. The van der Waals surface area contributed by atoms with E-state index in [2.05, 4.69) is 20.4 Å². The number of fused-ring (bicyclic) bond motifs is 1. The van der Waals surface area contributed by atoms with E-state index >= 15 is 0 Å². The van der Waals surface area contributed by atoms with Crippen LogP contribution in [0, 0.1) is 5.82 Å². The Kier molecular flexibility index (Phi) is 6.78. The largest absolute Gasteiger partial charge is 0.573 e. The zero-order valence-corrected chi connectivity index (χ0v) is 19.7. The molecule has 0 aliphatic rings. The summed E-state index contributed by atoms with van der Waals surface area (Å²) in [6.07, 6.45) is -1.46. The second-order valence-corrected chi connectivity index (χ2v) is 9.41. The molecule has 0 aliphatic heterocycles. The fourth-order valence-corrected chi connectivity index (χ4v) is 5.01. The fourth-order valence-electron chi connectivity index (χ4n) is 3.65. The number of alkyl halides is 3. The second kappa shape index (κ2) is 9.66. The number of nitrogens with zero attached hydrogens (tertiary/aromatic N) is 2. The van der Waals surface area contributed by atoms with Gasteiger partial charge >= 0.3 is 6.36 Å². The topological polar surface area (TPSA) is 94.5 Å². The summed E-state index contributed by atoms with van der Waals surface area (Å²) < 4.78 is 88.2. The summed E-state index contributed by atoms with van der Waals surface area (Å²) in [5.41, 5.74) is 1.72. The van der Waals surface area contributed by atoms with E-state index in [1.165, 1.54) is 19.4 Å². The van der Waals surface area contributed by atoms with Gasteiger partial charge in [0.15, 0.2) is 0 Å². The molecule has 190 valence electrons.